The molecule has 0 bridgehead atoms. The number of hydrogen-bond donors (Lipinski definition) is 0. The van der Waals surface area contributed by atoms with Crippen LogP contribution in [0.5, 0.6) is 0 Å². The average Bonchev–Trinajstić information content (AvgIpc) is 2.63. The number of aromatic nitrogens is 2. The molecule has 0 aliphatic heterocycles. The summed E-state index contributed by atoms with van der Waals surface area (Å²) in [4.78, 5) is 4.42. The summed E-state index contributed by atoms with van der Waals surface area (Å²) in [5, 5.41) is 2.63. The number of hydrogen-bond acceptors (Lipinski definition) is 1. The number of fused-ring (bicyclic) bond motifs is 3. The zero-order valence-corrected chi connectivity index (χ0v) is 10.4. The van der Waals surface area contributed by atoms with Gasteiger partial charge in [-0.3, -0.25) is 4.98 Å². The standard InChI is InChI=1S/C15H16N2/c1-10(2)17-14-7-5-4-6-12(14)13-8-11(3)16-9-15(13)17/h4-10H,1-3H3. The lowest BCUT2D eigenvalue weighted by Gasteiger charge is -2.10. The fourth-order valence-electron chi connectivity index (χ4n) is 2.56. The van der Waals surface area contributed by atoms with Crippen molar-refractivity contribution in [3.8, 4) is 0 Å². The van der Waals surface area contributed by atoms with Crippen LogP contribution in [0.25, 0.3) is 21.8 Å². The van der Waals surface area contributed by atoms with Gasteiger partial charge in [0.1, 0.15) is 0 Å². The van der Waals surface area contributed by atoms with Crippen LogP contribution in [-0.4, -0.2) is 9.55 Å². The van der Waals surface area contributed by atoms with Crippen molar-refractivity contribution in [3.05, 3.63) is 42.2 Å². The van der Waals surface area contributed by atoms with Gasteiger partial charge in [0.2, 0.25) is 0 Å². The first-order valence-corrected chi connectivity index (χ1v) is 6.04. The van der Waals surface area contributed by atoms with Gasteiger partial charge < -0.3 is 4.57 Å². The van der Waals surface area contributed by atoms with Crippen molar-refractivity contribution in [1.82, 2.24) is 9.55 Å². The molecular formula is C15H16N2. The molecule has 0 spiro atoms. The summed E-state index contributed by atoms with van der Waals surface area (Å²) in [7, 11) is 0. The highest BCUT2D eigenvalue weighted by Crippen LogP contribution is 2.31. The highest BCUT2D eigenvalue weighted by Gasteiger charge is 2.12. The maximum atomic E-state index is 4.42. The van der Waals surface area contributed by atoms with E-state index in [0.29, 0.717) is 6.04 Å². The number of aryl methyl sites for hydroxylation is 1. The Morgan fingerprint density at radius 2 is 1.82 bits per heavy atom. The largest absolute Gasteiger partial charge is 0.337 e. The predicted molar refractivity (Wildman–Crippen MR) is 72.4 cm³/mol. The van der Waals surface area contributed by atoms with Crippen LogP contribution in [0.1, 0.15) is 25.6 Å². The highest BCUT2D eigenvalue weighted by atomic mass is 15.0. The van der Waals surface area contributed by atoms with Crippen molar-refractivity contribution >= 4 is 21.8 Å². The van der Waals surface area contributed by atoms with E-state index < -0.39 is 0 Å². The van der Waals surface area contributed by atoms with Crippen LogP contribution in [0.3, 0.4) is 0 Å². The molecular weight excluding hydrogens is 208 g/mol. The van der Waals surface area contributed by atoms with Crippen molar-refractivity contribution in [3.63, 3.8) is 0 Å². The fraction of sp³-hybridized carbons (Fsp3) is 0.267. The van der Waals surface area contributed by atoms with Crippen LogP contribution >= 0.6 is 0 Å². The molecule has 2 nitrogen and oxygen atoms in total. The van der Waals surface area contributed by atoms with E-state index in [9.17, 15) is 0 Å². The molecule has 86 valence electrons. The second kappa shape index (κ2) is 3.59. The molecule has 0 atom stereocenters. The molecule has 2 aromatic heterocycles. The minimum absolute atomic E-state index is 0.446. The van der Waals surface area contributed by atoms with E-state index in [1.54, 1.807) is 0 Å². The first-order valence-electron chi connectivity index (χ1n) is 6.04. The Morgan fingerprint density at radius 1 is 1.06 bits per heavy atom. The zero-order chi connectivity index (χ0) is 12.0. The molecule has 0 amide bonds. The Balaban J connectivity index is 2.57. The van der Waals surface area contributed by atoms with Crippen LogP contribution in [0.4, 0.5) is 0 Å². The Morgan fingerprint density at radius 3 is 2.59 bits per heavy atom. The quantitative estimate of drug-likeness (QED) is 0.609. The van der Waals surface area contributed by atoms with E-state index in [1.807, 2.05) is 13.1 Å². The third kappa shape index (κ3) is 1.44. The first-order chi connectivity index (χ1) is 8.18. The summed E-state index contributed by atoms with van der Waals surface area (Å²) < 4.78 is 2.36. The van der Waals surface area contributed by atoms with Crippen LogP contribution in [-0.2, 0) is 0 Å². The van der Waals surface area contributed by atoms with E-state index in [0.717, 1.165) is 5.69 Å². The predicted octanol–water partition coefficient (Wildman–Crippen LogP) is 4.08. The molecule has 0 aliphatic carbocycles. The van der Waals surface area contributed by atoms with Crippen molar-refractivity contribution in [2.75, 3.05) is 0 Å². The van der Waals surface area contributed by atoms with E-state index in [-0.39, 0.29) is 0 Å². The molecule has 3 rings (SSSR count). The van der Waals surface area contributed by atoms with Crippen molar-refractivity contribution in [1.29, 1.82) is 0 Å². The summed E-state index contributed by atoms with van der Waals surface area (Å²) in [6.07, 6.45) is 1.99. The van der Waals surface area contributed by atoms with Gasteiger partial charge in [0.05, 0.1) is 11.7 Å². The minimum Gasteiger partial charge on any atom is -0.337 e. The first kappa shape index (κ1) is 10.3. The molecule has 0 unspecified atom stereocenters. The summed E-state index contributed by atoms with van der Waals surface area (Å²) in [5.41, 5.74) is 3.60. The molecule has 2 heterocycles. The van der Waals surface area contributed by atoms with Gasteiger partial charge in [-0.2, -0.15) is 0 Å². The molecule has 3 aromatic rings. The molecule has 2 heteroatoms. The number of nitrogens with zero attached hydrogens (tertiary/aromatic N) is 2. The lowest BCUT2D eigenvalue weighted by atomic mass is 10.2. The molecule has 17 heavy (non-hydrogen) atoms. The van der Waals surface area contributed by atoms with Gasteiger partial charge in [0.15, 0.2) is 0 Å². The Labute approximate surface area is 101 Å². The number of rotatable bonds is 1. The normalized spacial score (nSPS) is 11.8. The van der Waals surface area contributed by atoms with Gasteiger partial charge in [-0.05, 0) is 32.9 Å². The topological polar surface area (TPSA) is 17.8 Å². The molecule has 0 aliphatic rings. The van der Waals surface area contributed by atoms with Crippen molar-refractivity contribution in [2.24, 2.45) is 0 Å². The maximum Gasteiger partial charge on any atom is 0.0680 e. The second-order valence-electron chi connectivity index (χ2n) is 4.82. The van der Waals surface area contributed by atoms with Gasteiger partial charge in [0.25, 0.3) is 0 Å². The van der Waals surface area contributed by atoms with Gasteiger partial charge in [-0.15, -0.1) is 0 Å². The Hall–Kier alpha value is -1.83. The number of pyridine rings is 1. The second-order valence-corrected chi connectivity index (χ2v) is 4.82. The molecule has 0 fully saturated rings. The van der Waals surface area contributed by atoms with E-state index in [4.69, 9.17) is 0 Å². The zero-order valence-electron chi connectivity index (χ0n) is 10.4. The Bertz CT molecular complexity index is 693. The molecule has 0 N–H and O–H groups in total. The van der Waals surface area contributed by atoms with Crippen LogP contribution in [0, 0.1) is 6.92 Å². The summed E-state index contributed by atoms with van der Waals surface area (Å²) in [5.74, 6) is 0. The molecule has 1 aromatic carbocycles. The van der Waals surface area contributed by atoms with Crippen molar-refractivity contribution in [2.45, 2.75) is 26.8 Å². The fourth-order valence-corrected chi connectivity index (χ4v) is 2.56. The van der Waals surface area contributed by atoms with Gasteiger partial charge in [0, 0.05) is 28.0 Å². The molecule has 0 saturated heterocycles. The van der Waals surface area contributed by atoms with Crippen LogP contribution < -0.4 is 0 Å². The summed E-state index contributed by atoms with van der Waals surface area (Å²) >= 11 is 0. The van der Waals surface area contributed by atoms with E-state index in [1.165, 1.54) is 21.8 Å². The summed E-state index contributed by atoms with van der Waals surface area (Å²) in [6, 6.07) is 11.2. The van der Waals surface area contributed by atoms with Crippen LogP contribution in [0.2, 0.25) is 0 Å². The highest BCUT2D eigenvalue weighted by molar-refractivity contribution is 6.07. The monoisotopic (exact) mass is 224 g/mol. The SMILES string of the molecule is Cc1cc2c3ccccc3n(C(C)C)c2cn1. The van der Waals surface area contributed by atoms with E-state index in [2.05, 4.69) is 53.7 Å². The third-order valence-corrected chi connectivity index (χ3v) is 3.25. The van der Waals surface area contributed by atoms with Crippen LogP contribution in [0.15, 0.2) is 36.5 Å². The maximum absolute atomic E-state index is 4.42. The lowest BCUT2D eigenvalue weighted by molar-refractivity contribution is 0.641. The molecule has 0 radical (unpaired) electrons. The lowest BCUT2D eigenvalue weighted by Crippen LogP contribution is -1.99. The average molecular weight is 224 g/mol. The van der Waals surface area contributed by atoms with Gasteiger partial charge in [-0.25, -0.2) is 0 Å². The molecule has 0 saturated carbocycles. The van der Waals surface area contributed by atoms with Crippen molar-refractivity contribution < 1.29 is 0 Å². The number of benzene rings is 1. The van der Waals surface area contributed by atoms with Gasteiger partial charge in [-0.1, -0.05) is 18.2 Å². The van der Waals surface area contributed by atoms with Gasteiger partial charge >= 0.3 is 0 Å². The third-order valence-electron chi connectivity index (χ3n) is 3.25. The Kier molecular flexibility index (Phi) is 2.18. The number of para-hydroxylation sites is 1. The smallest absolute Gasteiger partial charge is 0.0680 e. The minimum atomic E-state index is 0.446. The summed E-state index contributed by atoms with van der Waals surface area (Å²) in [6.45, 7) is 6.47. The van der Waals surface area contributed by atoms with E-state index >= 15 is 0 Å².